The van der Waals surface area contributed by atoms with Crippen molar-refractivity contribution in [1.82, 2.24) is 0 Å². The summed E-state index contributed by atoms with van der Waals surface area (Å²) in [4.78, 5) is 0. The summed E-state index contributed by atoms with van der Waals surface area (Å²) in [6, 6.07) is 0. The predicted octanol–water partition coefficient (Wildman–Crippen LogP) is 5.35. The van der Waals surface area contributed by atoms with Crippen LogP contribution in [0.5, 0.6) is 0 Å². The smallest absolute Gasteiger partial charge is 0.0282 e. The summed E-state index contributed by atoms with van der Waals surface area (Å²) in [5.74, 6) is 0. The van der Waals surface area contributed by atoms with Crippen LogP contribution in [0.25, 0.3) is 0 Å². The monoisotopic (exact) mass is 216 g/mol. The lowest BCUT2D eigenvalue weighted by Crippen LogP contribution is -1.86. The number of rotatable bonds is 1. The van der Waals surface area contributed by atoms with Crippen molar-refractivity contribution in [3.8, 4) is 0 Å². The van der Waals surface area contributed by atoms with Gasteiger partial charge in [-0.3, -0.25) is 0 Å². The second-order valence-electron chi connectivity index (χ2n) is 4.33. The Hall–Kier alpha value is -1.04. The van der Waals surface area contributed by atoms with Crippen molar-refractivity contribution in [2.45, 2.75) is 51.4 Å². The Labute approximate surface area is 100 Å². The highest BCUT2D eigenvalue weighted by Gasteiger charge is 1.97. The fourth-order valence-electron chi connectivity index (χ4n) is 1.90. The van der Waals surface area contributed by atoms with Gasteiger partial charge in [0.05, 0.1) is 0 Å². The van der Waals surface area contributed by atoms with E-state index in [0.29, 0.717) is 0 Å². The van der Waals surface area contributed by atoms with Crippen molar-refractivity contribution in [1.29, 1.82) is 0 Å². The summed E-state index contributed by atoms with van der Waals surface area (Å²) in [6.07, 6.45) is 23.5. The zero-order valence-electron chi connectivity index (χ0n) is 10.3. The molecule has 2 aliphatic rings. The SMILES string of the molecule is C1=CCCC=CCC1.C=CC1=CCCCC1. The highest BCUT2D eigenvalue weighted by molar-refractivity contribution is 5.17. The van der Waals surface area contributed by atoms with E-state index < -0.39 is 0 Å². The van der Waals surface area contributed by atoms with E-state index in [2.05, 4.69) is 37.0 Å². The van der Waals surface area contributed by atoms with Gasteiger partial charge < -0.3 is 0 Å². The fourth-order valence-corrected chi connectivity index (χ4v) is 1.90. The molecule has 0 amide bonds. The largest absolute Gasteiger partial charge is 0.0988 e. The molecule has 0 bridgehead atoms. The standard InChI is InChI=1S/2C8H12/c1-2-8-6-4-3-5-7-8;1-2-4-6-8-7-5-3-1/h2,6H,1,3-5,7H2;1-2,7-8H,3-6H2. The molecule has 0 spiro atoms. The highest BCUT2D eigenvalue weighted by atomic mass is 14.0. The van der Waals surface area contributed by atoms with Gasteiger partial charge in [-0.05, 0) is 51.4 Å². The first-order valence-electron chi connectivity index (χ1n) is 6.55. The Morgan fingerprint density at radius 2 is 1.38 bits per heavy atom. The maximum atomic E-state index is 3.72. The van der Waals surface area contributed by atoms with E-state index in [1.165, 1.54) is 56.9 Å². The molecule has 2 aliphatic carbocycles. The second kappa shape index (κ2) is 9.21. The Balaban J connectivity index is 0.000000160. The molecule has 0 atom stereocenters. The normalized spacial score (nSPS) is 19.9. The van der Waals surface area contributed by atoms with Crippen molar-refractivity contribution in [3.63, 3.8) is 0 Å². The first-order valence-corrected chi connectivity index (χ1v) is 6.55. The molecule has 0 heterocycles. The van der Waals surface area contributed by atoms with E-state index in [-0.39, 0.29) is 0 Å². The van der Waals surface area contributed by atoms with Crippen LogP contribution in [0.3, 0.4) is 0 Å². The Morgan fingerprint density at radius 1 is 0.812 bits per heavy atom. The minimum absolute atomic E-state index is 1.23. The summed E-state index contributed by atoms with van der Waals surface area (Å²) in [5, 5.41) is 0. The Bertz CT molecular complexity index is 240. The van der Waals surface area contributed by atoms with Crippen molar-refractivity contribution >= 4 is 0 Å². The predicted molar refractivity (Wildman–Crippen MR) is 73.5 cm³/mol. The van der Waals surface area contributed by atoms with Crippen LogP contribution in [0.1, 0.15) is 51.4 Å². The van der Waals surface area contributed by atoms with Crippen molar-refractivity contribution < 1.29 is 0 Å². The molecular formula is C16H24. The van der Waals surface area contributed by atoms with Crippen LogP contribution in [0.15, 0.2) is 48.6 Å². The van der Waals surface area contributed by atoms with Crippen LogP contribution in [0, 0.1) is 0 Å². The maximum Gasteiger partial charge on any atom is -0.0282 e. The van der Waals surface area contributed by atoms with Gasteiger partial charge in [0, 0.05) is 0 Å². The maximum absolute atomic E-state index is 3.72. The van der Waals surface area contributed by atoms with Crippen LogP contribution in [-0.2, 0) is 0 Å². The third-order valence-electron chi connectivity index (χ3n) is 2.92. The van der Waals surface area contributed by atoms with Gasteiger partial charge in [0.2, 0.25) is 0 Å². The van der Waals surface area contributed by atoms with Crippen LogP contribution >= 0.6 is 0 Å². The molecule has 0 heteroatoms. The van der Waals surface area contributed by atoms with E-state index in [9.17, 15) is 0 Å². The van der Waals surface area contributed by atoms with E-state index in [4.69, 9.17) is 0 Å². The molecule has 0 N–H and O–H groups in total. The average Bonchev–Trinajstić information content (AvgIpc) is 2.30. The number of hydrogen-bond acceptors (Lipinski definition) is 0. The zero-order valence-corrected chi connectivity index (χ0v) is 10.3. The number of allylic oxidation sites excluding steroid dienone is 7. The summed E-state index contributed by atoms with van der Waals surface area (Å²) in [6.45, 7) is 3.72. The van der Waals surface area contributed by atoms with Crippen LogP contribution in [-0.4, -0.2) is 0 Å². The van der Waals surface area contributed by atoms with Gasteiger partial charge in [-0.2, -0.15) is 0 Å². The lowest BCUT2D eigenvalue weighted by molar-refractivity contribution is 0.712. The van der Waals surface area contributed by atoms with Gasteiger partial charge in [-0.25, -0.2) is 0 Å². The zero-order chi connectivity index (χ0) is 11.5. The van der Waals surface area contributed by atoms with E-state index in [1.807, 2.05) is 6.08 Å². The minimum atomic E-state index is 1.23. The topological polar surface area (TPSA) is 0 Å². The van der Waals surface area contributed by atoms with E-state index in [0.717, 1.165) is 0 Å². The molecule has 0 radical (unpaired) electrons. The molecule has 0 fully saturated rings. The molecule has 0 aromatic rings. The molecule has 0 nitrogen and oxygen atoms in total. The van der Waals surface area contributed by atoms with Crippen LogP contribution in [0.4, 0.5) is 0 Å². The van der Waals surface area contributed by atoms with Gasteiger partial charge in [0.15, 0.2) is 0 Å². The van der Waals surface area contributed by atoms with Crippen molar-refractivity contribution in [2.24, 2.45) is 0 Å². The first-order chi connectivity index (χ1) is 7.93. The Kier molecular flexibility index (Phi) is 7.49. The molecule has 2 rings (SSSR count). The third kappa shape index (κ3) is 6.44. The molecule has 16 heavy (non-hydrogen) atoms. The van der Waals surface area contributed by atoms with Crippen molar-refractivity contribution in [2.75, 3.05) is 0 Å². The minimum Gasteiger partial charge on any atom is -0.0988 e. The highest BCUT2D eigenvalue weighted by Crippen LogP contribution is 2.16. The van der Waals surface area contributed by atoms with Gasteiger partial charge in [-0.15, -0.1) is 0 Å². The molecule has 88 valence electrons. The Morgan fingerprint density at radius 3 is 1.69 bits per heavy atom. The van der Waals surface area contributed by atoms with Crippen LogP contribution < -0.4 is 0 Å². The van der Waals surface area contributed by atoms with E-state index >= 15 is 0 Å². The number of hydrogen-bond donors (Lipinski definition) is 0. The lowest BCUT2D eigenvalue weighted by Gasteiger charge is -2.06. The lowest BCUT2D eigenvalue weighted by atomic mass is 10.0. The van der Waals surface area contributed by atoms with Crippen molar-refractivity contribution in [3.05, 3.63) is 48.6 Å². The quantitative estimate of drug-likeness (QED) is 0.519. The molecule has 0 saturated carbocycles. The van der Waals surface area contributed by atoms with Gasteiger partial charge in [0.1, 0.15) is 0 Å². The van der Waals surface area contributed by atoms with Gasteiger partial charge >= 0.3 is 0 Å². The van der Waals surface area contributed by atoms with E-state index in [1.54, 1.807) is 0 Å². The van der Waals surface area contributed by atoms with Crippen LogP contribution in [0.2, 0.25) is 0 Å². The summed E-state index contributed by atoms with van der Waals surface area (Å²) >= 11 is 0. The van der Waals surface area contributed by atoms with Gasteiger partial charge in [-0.1, -0.05) is 48.6 Å². The molecule has 0 unspecified atom stereocenters. The first kappa shape index (κ1) is 13.0. The summed E-state index contributed by atoms with van der Waals surface area (Å²) in [5.41, 5.74) is 1.44. The second-order valence-corrected chi connectivity index (χ2v) is 4.33. The molecule has 0 aliphatic heterocycles. The van der Waals surface area contributed by atoms with Gasteiger partial charge in [0.25, 0.3) is 0 Å². The molecule has 0 aromatic heterocycles. The average molecular weight is 216 g/mol. The molecule has 0 saturated heterocycles. The fraction of sp³-hybridized carbons (Fsp3) is 0.500. The molecule has 0 aromatic carbocycles. The third-order valence-corrected chi connectivity index (χ3v) is 2.92. The summed E-state index contributed by atoms with van der Waals surface area (Å²) < 4.78 is 0. The summed E-state index contributed by atoms with van der Waals surface area (Å²) in [7, 11) is 0. The molecular weight excluding hydrogens is 192 g/mol.